The maximum atomic E-state index is 12.7. The number of hydrogen-bond acceptors (Lipinski definition) is 3. The molecule has 24 heavy (non-hydrogen) atoms. The van der Waals surface area contributed by atoms with Crippen molar-refractivity contribution in [2.24, 2.45) is 0 Å². The molecule has 0 unspecified atom stereocenters. The minimum Gasteiger partial charge on any atom is -0.459 e. The summed E-state index contributed by atoms with van der Waals surface area (Å²) < 4.78 is 5.98. The zero-order chi connectivity index (χ0) is 17.5. The van der Waals surface area contributed by atoms with Gasteiger partial charge < -0.3 is 14.6 Å². The summed E-state index contributed by atoms with van der Waals surface area (Å²) >= 11 is 3.40. The van der Waals surface area contributed by atoms with Crippen molar-refractivity contribution in [1.29, 1.82) is 0 Å². The molecule has 2 aromatic rings. The van der Waals surface area contributed by atoms with Crippen LogP contribution in [-0.4, -0.2) is 29.8 Å². The first-order valence-corrected chi connectivity index (χ1v) is 8.45. The van der Waals surface area contributed by atoms with Gasteiger partial charge in [-0.05, 0) is 49.8 Å². The molecule has 2 amide bonds. The lowest BCUT2D eigenvalue weighted by Crippen LogP contribution is -2.38. The molecule has 6 heteroatoms. The highest BCUT2D eigenvalue weighted by atomic mass is 79.9. The molecular weight excluding hydrogens is 372 g/mol. The van der Waals surface area contributed by atoms with Crippen molar-refractivity contribution in [1.82, 2.24) is 10.2 Å². The van der Waals surface area contributed by atoms with Crippen molar-refractivity contribution >= 4 is 33.8 Å². The SMILES string of the molecule is CCN(CC)C(=O)/C(=C/c1cccc(Br)c1)NC(=O)c1ccco1. The molecule has 0 saturated carbocycles. The third-order valence-corrected chi connectivity index (χ3v) is 3.93. The van der Waals surface area contributed by atoms with E-state index in [1.165, 1.54) is 6.26 Å². The molecule has 1 heterocycles. The standard InChI is InChI=1S/C18H19BrN2O3/c1-3-21(4-2)18(23)15(12-13-7-5-8-14(19)11-13)20-17(22)16-9-6-10-24-16/h5-12H,3-4H2,1-2H3,(H,20,22)/b15-12-. The number of carbonyl (C=O) groups is 2. The van der Waals surface area contributed by atoms with E-state index >= 15 is 0 Å². The molecule has 5 nitrogen and oxygen atoms in total. The monoisotopic (exact) mass is 390 g/mol. The Kier molecular flexibility index (Phi) is 6.37. The Morgan fingerprint density at radius 1 is 1.21 bits per heavy atom. The highest BCUT2D eigenvalue weighted by molar-refractivity contribution is 9.10. The maximum Gasteiger partial charge on any atom is 0.291 e. The van der Waals surface area contributed by atoms with Gasteiger partial charge in [0, 0.05) is 17.6 Å². The van der Waals surface area contributed by atoms with Crippen molar-refractivity contribution < 1.29 is 14.0 Å². The molecule has 0 aliphatic carbocycles. The Labute approximate surface area is 149 Å². The Morgan fingerprint density at radius 3 is 2.54 bits per heavy atom. The van der Waals surface area contributed by atoms with Gasteiger partial charge in [-0.15, -0.1) is 0 Å². The Morgan fingerprint density at radius 2 is 1.96 bits per heavy atom. The highest BCUT2D eigenvalue weighted by Gasteiger charge is 2.19. The summed E-state index contributed by atoms with van der Waals surface area (Å²) in [7, 11) is 0. The largest absolute Gasteiger partial charge is 0.459 e. The number of benzene rings is 1. The van der Waals surface area contributed by atoms with Crippen LogP contribution < -0.4 is 5.32 Å². The van der Waals surface area contributed by atoms with E-state index in [0.717, 1.165) is 10.0 Å². The predicted octanol–water partition coefficient (Wildman–Crippen LogP) is 3.68. The molecule has 1 aromatic carbocycles. The summed E-state index contributed by atoms with van der Waals surface area (Å²) in [4.78, 5) is 26.6. The number of furan rings is 1. The zero-order valence-electron chi connectivity index (χ0n) is 13.6. The second-order valence-electron chi connectivity index (χ2n) is 5.02. The van der Waals surface area contributed by atoms with E-state index in [1.807, 2.05) is 38.1 Å². The Balaban J connectivity index is 2.33. The predicted molar refractivity (Wildman–Crippen MR) is 96.2 cm³/mol. The number of hydrogen-bond donors (Lipinski definition) is 1. The van der Waals surface area contributed by atoms with Crippen LogP contribution in [-0.2, 0) is 4.79 Å². The van der Waals surface area contributed by atoms with Crippen LogP contribution >= 0.6 is 15.9 Å². The fourth-order valence-electron chi connectivity index (χ4n) is 2.19. The first kappa shape index (κ1) is 18.0. The molecule has 0 aliphatic heterocycles. The third kappa shape index (κ3) is 4.58. The molecule has 0 atom stereocenters. The summed E-state index contributed by atoms with van der Waals surface area (Å²) in [5, 5.41) is 2.66. The number of likely N-dealkylation sites (N-methyl/N-ethyl adjacent to an activating group) is 1. The van der Waals surface area contributed by atoms with Crippen molar-refractivity contribution in [3.05, 3.63) is 64.2 Å². The van der Waals surface area contributed by atoms with Gasteiger partial charge in [-0.3, -0.25) is 9.59 Å². The minimum absolute atomic E-state index is 0.155. The summed E-state index contributed by atoms with van der Waals surface area (Å²) in [5.74, 6) is -0.538. The lowest BCUT2D eigenvalue weighted by Gasteiger charge is -2.20. The highest BCUT2D eigenvalue weighted by Crippen LogP contribution is 2.15. The number of rotatable bonds is 6. The van der Waals surface area contributed by atoms with Gasteiger partial charge in [0.05, 0.1) is 6.26 Å². The molecule has 0 bridgehead atoms. The summed E-state index contributed by atoms with van der Waals surface area (Å²) in [6.07, 6.45) is 3.07. The van der Waals surface area contributed by atoms with Crippen LogP contribution in [0.25, 0.3) is 6.08 Å². The van der Waals surface area contributed by atoms with Crippen molar-refractivity contribution in [3.8, 4) is 0 Å². The Bertz CT molecular complexity index is 734. The minimum atomic E-state index is -0.457. The molecule has 0 radical (unpaired) electrons. The normalized spacial score (nSPS) is 11.2. The van der Waals surface area contributed by atoms with E-state index in [9.17, 15) is 9.59 Å². The van der Waals surface area contributed by atoms with Gasteiger partial charge in [0.15, 0.2) is 5.76 Å². The van der Waals surface area contributed by atoms with E-state index < -0.39 is 5.91 Å². The van der Waals surface area contributed by atoms with Crippen LogP contribution in [0.4, 0.5) is 0 Å². The van der Waals surface area contributed by atoms with E-state index in [1.54, 1.807) is 23.1 Å². The molecule has 0 spiro atoms. The molecule has 126 valence electrons. The molecule has 0 aliphatic rings. The second kappa shape index (κ2) is 8.49. The second-order valence-corrected chi connectivity index (χ2v) is 5.94. The molecular formula is C18H19BrN2O3. The van der Waals surface area contributed by atoms with Gasteiger partial charge >= 0.3 is 0 Å². The number of nitrogens with zero attached hydrogens (tertiary/aromatic N) is 1. The molecule has 0 fully saturated rings. The van der Waals surface area contributed by atoms with Gasteiger partial charge in [-0.1, -0.05) is 28.1 Å². The number of amides is 2. The van der Waals surface area contributed by atoms with Gasteiger partial charge in [0.1, 0.15) is 5.70 Å². The van der Waals surface area contributed by atoms with Crippen LogP contribution in [0.1, 0.15) is 30.0 Å². The van der Waals surface area contributed by atoms with Gasteiger partial charge in [-0.2, -0.15) is 0 Å². The smallest absolute Gasteiger partial charge is 0.291 e. The fraction of sp³-hybridized carbons (Fsp3) is 0.222. The average Bonchev–Trinajstić information content (AvgIpc) is 3.10. The Hall–Kier alpha value is -2.34. The van der Waals surface area contributed by atoms with Crippen molar-refractivity contribution in [3.63, 3.8) is 0 Å². The molecule has 1 N–H and O–H groups in total. The number of nitrogens with one attached hydrogen (secondary N) is 1. The lowest BCUT2D eigenvalue weighted by molar-refractivity contribution is -0.127. The molecule has 0 saturated heterocycles. The van der Waals surface area contributed by atoms with Crippen LogP contribution in [0.5, 0.6) is 0 Å². The fourth-order valence-corrected chi connectivity index (χ4v) is 2.60. The summed E-state index contributed by atoms with van der Waals surface area (Å²) in [5.41, 5.74) is 1.01. The van der Waals surface area contributed by atoms with Gasteiger partial charge in [0.2, 0.25) is 0 Å². The van der Waals surface area contributed by atoms with Gasteiger partial charge in [0.25, 0.3) is 11.8 Å². The van der Waals surface area contributed by atoms with E-state index in [4.69, 9.17) is 4.42 Å². The number of carbonyl (C=O) groups excluding carboxylic acids is 2. The third-order valence-electron chi connectivity index (χ3n) is 3.43. The van der Waals surface area contributed by atoms with Crippen LogP contribution in [0.2, 0.25) is 0 Å². The number of halogens is 1. The van der Waals surface area contributed by atoms with Crippen molar-refractivity contribution in [2.75, 3.05) is 13.1 Å². The van der Waals surface area contributed by atoms with Crippen LogP contribution in [0.15, 0.2) is 57.2 Å². The van der Waals surface area contributed by atoms with E-state index in [2.05, 4.69) is 21.2 Å². The van der Waals surface area contributed by atoms with E-state index in [0.29, 0.717) is 13.1 Å². The summed E-state index contributed by atoms with van der Waals surface area (Å²) in [6, 6.07) is 10.7. The first-order valence-electron chi connectivity index (χ1n) is 7.66. The van der Waals surface area contributed by atoms with Crippen molar-refractivity contribution in [2.45, 2.75) is 13.8 Å². The lowest BCUT2D eigenvalue weighted by atomic mass is 10.1. The maximum absolute atomic E-state index is 12.7. The molecule has 2 rings (SSSR count). The van der Waals surface area contributed by atoms with Crippen LogP contribution in [0, 0.1) is 0 Å². The average molecular weight is 391 g/mol. The van der Waals surface area contributed by atoms with E-state index in [-0.39, 0.29) is 17.4 Å². The van der Waals surface area contributed by atoms with Crippen LogP contribution in [0.3, 0.4) is 0 Å². The topological polar surface area (TPSA) is 62.6 Å². The molecule has 1 aromatic heterocycles. The first-order chi connectivity index (χ1) is 11.5. The zero-order valence-corrected chi connectivity index (χ0v) is 15.2. The quantitative estimate of drug-likeness (QED) is 0.765. The van der Waals surface area contributed by atoms with Gasteiger partial charge in [-0.25, -0.2) is 0 Å². The summed E-state index contributed by atoms with van der Waals surface area (Å²) in [6.45, 7) is 4.91.